The highest BCUT2D eigenvalue weighted by Crippen LogP contribution is 2.43. The van der Waals surface area contributed by atoms with Crippen LogP contribution < -0.4 is 19.8 Å². The average molecular weight is 519 g/mol. The summed E-state index contributed by atoms with van der Waals surface area (Å²) in [5, 5.41) is 0.717. The van der Waals surface area contributed by atoms with Crippen LogP contribution in [0.1, 0.15) is 59.5 Å². The molecule has 190 valence electrons. The molecule has 0 bridgehead atoms. The number of amides is 1. The topological polar surface area (TPSA) is 81.9 Å². The van der Waals surface area contributed by atoms with Crippen molar-refractivity contribution in [1.82, 2.24) is 4.98 Å². The summed E-state index contributed by atoms with van der Waals surface area (Å²) in [6.45, 7) is 4.63. The Hall–Kier alpha value is -3.84. The van der Waals surface area contributed by atoms with Crippen molar-refractivity contribution in [1.29, 1.82) is 0 Å². The minimum atomic E-state index is -0.777. The molecular formula is C29H27ClN2O5. The Bertz CT molecular complexity index is 1530. The number of ether oxygens (including phenoxy) is 2. The lowest BCUT2D eigenvalue weighted by atomic mass is 9.98. The molecule has 0 spiro atoms. The first kappa shape index (κ1) is 24.8. The van der Waals surface area contributed by atoms with Crippen LogP contribution in [0, 0.1) is 6.92 Å². The Morgan fingerprint density at radius 2 is 1.89 bits per heavy atom. The average Bonchev–Trinajstić information content (AvgIpc) is 3.20. The molecule has 4 aromatic rings. The van der Waals surface area contributed by atoms with Gasteiger partial charge in [0.15, 0.2) is 16.9 Å². The molecule has 1 amide bonds. The quantitative estimate of drug-likeness (QED) is 0.248. The van der Waals surface area contributed by atoms with Crippen molar-refractivity contribution in [3.63, 3.8) is 0 Å². The predicted octanol–water partition coefficient (Wildman–Crippen LogP) is 6.48. The zero-order valence-corrected chi connectivity index (χ0v) is 21.7. The van der Waals surface area contributed by atoms with E-state index in [1.54, 1.807) is 43.6 Å². The molecule has 5 rings (SSSR count). The molecule has 0 saturated carbocycles. The van der Waals surface area contributed by atoms with E-state index in [1.165, 1.54) is 4.90 Å². The van der Waals surface area contributed by atoms with Crippen molar-refractivity contribution < 1.29 is 18.7 Å². The number of aryl methyl sites for hydroxylation is 1. The summed E-state index contributed by atoms with van der Waals surface area (Å²) in [7, 11) is 1.56. The van der Waals surface area contributed by atoms with Crippen LogP contribution in [0.25, 0.3) is 11.0 Å². The van der Waals surface area contributed by atoms with E-state index in [2.05, 4.69) is 11.9 Å². The number of hydrogen-bond donors (Lipinski definition) is 0. The van der Waals surface area contributed by atoms with Crippen LogP contribution in [0.5, 0.6) is 11.5 Å². The van der Waals surface area contributed by atoms with E-state index in [0.29, 0.717) is 45.5 Å². The van der Waals surface area contributed by atoms with E-state index < -0.39 is 11.9 Å². The summed E-state index contributed by atoms with van der Waals surface area (Å²) in [5.41, 5.74) is 1.84. The molecule has 1 unspecified atom stereocenters. The number of benzene rings is 2. The van der Waals surface area contributed by atoms with E-state index in [4.69, 9.17) is 25.5 Å². The number of unbranched alkanes of at least 4 members (excludes halogenated alkanes) is 2. The lowest BCUT2D eigenvalue weighted by molar-refractivity contribution is 0.0970. The largest absolute Gasteiger partial charge is 0.493 e. The van der Waals surface area contributed by atoms with Gasteiger partial charge >= 0.3 is 0 Å². The number of pyridine rings is 1. The van der Waals surface area contributed by atoms with Crippen LogP contribution in [0.3, 0.4) is 0 Å². The Balaban J connectivity index is 1.67. The summed E-state index contributed by atoms with van der Waals surface area (Å²) >= 11 is 6.18. The van der Waals surface area contributed by atoms with E-state index >= 15 is 0 Å². The molecule has 3 heterocycles. The molecule has 7 nitrogen and oxygen atoms in total. The highest BCUT2D eigenvalue weighted by atomic mass is 35.5. The second kappa shape index (κ2) is 10.3. The van der Waals surface area contributed by atoms with Crippen LogP contribution in [0.2, 0.25) is 5.02 Å². The highest BCUT2D eigenvalue weighted by molar-refractivity contribution is 6.31. The number of hydrogen-bond acceptors (Lipinski definition) is 6. The number of nitrogens with zero attached hydrogens (tertiary/aromatic N) is 2. The molecular weight excluding hydrogens is 492 g/mol. The summed E-state index contributed by atoms with van der Waals surface area (Å²) in [4.78, 5) is 33.5. The van der Waals surface area contributed by atoms with Crippen molar-refractivity contribution in [2.75, 3.05) is 18.6 Å². The molecule has 1 atom stereocenters. The molecule has 2 aromatic carbocycles. The number of rotatable bonds is 8. The SMILES string of the molecule is CCCCCOc1ccc(C2c3c(oc4ccc(Cl)cc4c3=O)C(=O)N2c2ccc(C)cn2)cc1OC. The third-order valence-corrected chi connectivity index (χ3v) is 6.72. The fourth-order valence-corrected chi connectivity index (χ4v) is 4.78. The van der Waals surface area contributed by atoms with Gasteiger partial charge in [-0.05, 0) is 60.9 Å². The number of methoxy groups -OCH3 is 1. The number of aromatic nitrogens is 1. The van der Waals surface area contributed by atoms with E-state index in [0.717, 1.165) is 24.8 Å². The van der Waals surface area contributed by atoms with E-state index in [-0.39, 0.29) is 16.8 Å². The third kappa shape index (κ3) is 4.55. The van der Waals surface area contributed by atoms with Gasteiger partial charge in [0, 0.05) is 11.2 Å². The molecule has 0 radical (unpaired) electrons. The number of carbonyl (C=O) groups is 1. The zero-order valence-electron chi connectivity index (χ0n) is 20.9. The van der Waals surface area contributed by atoms with Gasteiger partial charge in [-0.25, -0.2) is 4.98 Å². The van der Waals surface area contributed by atoms with Crippen LogP contribution in [-0.2, 0) is 0 Å². The first-order chi connectivity index (χ1) is 17.9. The molecule has 0 saturated heterocycles. The normalized spacial score (nSPS) is 14.8. The molecule has 1 aliphatic rings. The van der Waals surface area contributed by atoms with Gasteiger partial charge in [-0.1, -0.05) is 43.5 Å². The van der Waals surface area contributed by atoms with Gasteiger partial charge in [-0.15, -0.1) is 0 Å². The smallest absolute Gasteiger partial charge is 0.296 e. The number of carbonyl (C=O) groups excluding carboxylic acids is 1. The Kier molecular flexibility index (Phi) is 6.89. The van der Waals surface area contributed by atoms with Crippen molar-refractivity contribution in [3.8, 4) is 11.5 Å². The van der Waals surface area contributed by atoms with Crippen molar-refractivity contribution in [2.45, 2.75) is 39.2 Å². The number of anilines is 1. The monoisotopic (exact) mass is 518 g/mol. The molecule has 0 aliphatic carbocycles. The highest BCUT2D eigenvalue weighted by Gasteiger charge is 2.44. The Labute approximate surface area is 219 Å². The summed E-state index contributed by atoms with van der Waals surface area (Å²) in [6.07, 6.45) is 4.80. The van der Waals surface area contributed by atoms with Crippen molar-refractivity contribution in [3.05, 3.63) is 92.4 Å². The summed E-state index contributed by atoms with van der Waals surface area (Å²) < 4.78 is 17.6. The lowest BCUT2D eigenvalue weighted by Gasteiger charge is -2.25. The van der Waals surface area contributed by atoms with Gasteiger partial charge in [-0.2, -0.15) is 0 Å². The van der Waals surface area contributed by atoms with Crippen molar-refractivity contribution in [2.24, 2.45) is 0 Å². The lowest BCUT2D eigenvalue weighted by Crippen LogP contribution is -2.30. The maximum absolute atomic E-state index is 13.8. The van der Waals surface area contributed by atoms with Crippen molar-refractivity contribution >= 4 is 34.3 Å². The fourth-order valence-electron chi connectivity index (χ4n) is 4.61. The minimum Gasteiger partial charge on any atom is -0.493 e. The first-order valence-electron chi connectivity index (χ1n) is 12.3. The van der Waals surface area contributed by atoms with Crippen LogP contribution in [0.4, 0.5) is 5.82 Å². The summed E-state index contributed by atoms with van der Waals surface area (Å²) in [5.74, 6) is 1.08. The first-order valence-corrected chi connectivity index (χ1v) is 12.6. The molecule has 1 aliphatic heterocycles. The second-order valence-electron chi connectivity index (χ2n) is 9.05. The van der Waals surface area contributed by atoms with Gasteiger partial charge in [0.2, 0.25) is 5.76 Å². The van der Waals surface area contributed by atoms with Gasteiger partial charge in [0.25, 0.3) is 5.91 Å². The molecule has 0 N–H and O–H groups in total. The van der Waals surface area contributed by atoms with Gasteiger partial charge in [0.1, 0.15) is 11.4 Å². The predicted molar refractivity (Wildman–Crippen MR) is 143 cm³/mol. The number of halogens is 1. The van der Waals surface area contributed by atoms with E-state index in [9.17, 15) is 9.59 Å². The fraction of sp³-hybridized carbons (Fsp3) is 0.276. The summed E-state index contributed by atoms with van der Waals surface area (Å²) in [6, 6.07) is 13.1. The maximum atomic E-state index is 13.8. The minimum absolute atomic E-state index is 0.00828. The standard InChI is InChI=1S/C29H27ClN2O5/c1-4-5-6-13-36-22-10-8-18(14-23(22)35-3)26-25-27(33)20-15-19(30)9-11-21(20)37-28(25)29(34)32(26)24-12-7-17(2)16-31-24/h7-12,14-16,26H,4-6,13H2,1-3H3. The van der Waals surface area contributed by atoms with Crippen LogP contribution in [-0.4, -0.2) is 24.6 Å². The third-order valence-electron chi connectivity index (χ3n) is 6.48. The van der Waals surface area contributed by atoms with Gasteiger partial charge < -0.3 is 13.9 Å². The van der Waals surface area contributed by atoms with Crippen LogP contribution >= 0.6 is 11.6 Å². The zero-order chi connectivity index (χ0) is 26.1. The van der Waals surface area contributed by atoms with Gasteiger partial charge in [0.05, 0.1) is 30.7 Å². The van der Waals surface area contributed by atoms with Gasteiger partial charge in [-0.3, -0.25) is 14.5 Å². The molecule has 37 heavy (non-hydrogen) atoms. The Morgan fingerprint density at radius 3 is 2.62 bits per heavy atom. The Morgan fingerprint density at radius 1 is 1.05 bits per heavy atom. The molecule has 8 heteroatoms. The van der Waals surface area contributed by atoms with Crippen LogP contribution in [0.15, 0.2) is 63.9 Å². The molecule has 2 aromatic heterocycles. The number of fused-ring (bicyclic) bond motifs is 2. The maximum Gasteiger partial charge on any atom is 0.296 e. The van der Waals surface area contributed by atoms with E-state index in [1.807, 2.05) is 25.1 Å². The molecule has 0 fully saturated rings. The second-order valence-corrected chi connectivity index (χ2v) is 9.49.